The van der Waals surface area contributed by atoms with Crippen molar-refractivity contribution in [3.63, 3.8) is 0 Å². The Morgan fingerprint density at radius 3 is 2.43 bits per heavy atom. The first-order valence-corrected chi connectivity index (χ1v) is 8.86. The number of ether oxygens (including phenoxy) is 3. The number of hydrogen-bond acceptors (Lipinski definition) is 4. The SMILES string of the molecule is COc1ccccc1OC1CN(C2CCCCC2OC(C)C)C1. The summed E-state index contributed by atoms with van der Waals surface area (Å²) in [6.07, 6.45) is 6.00. The summed E-state index contributed by atoms with van der Waals surface area (Å²) in [4.78, 5) is 2.53. The first-order valence-electron chi connectivity index (χ1n) is 8.86. The zero-order valence-electron chi connectivity index (χ0n) is 14.5. The molecule has 1 heterocycles. The minimum atomic E-state index is 0.257. The standard InChI is InChI=1S/C19H29NO3/c1-14(2)22-17-9-5-4-8-16(17)20-12-15(13-20)23-19-11-7-6-10-18(19)21-3/h6-7,10-11,14-17H,4-5,8-9,12-13H2,1-3H3. The summed E-state index contributed by atoms with van der Waals surface area (Å²) < 4.78 is 17.6. The van der Waals surface area contributed by atoms with Crippen LogP contribution in [0.4, 0.5) is 0 Å². The van der Waals surface area contributed by atoms with Crippen molar-refractivity contribution in [2.75, 3.05) is 20.2 Å². The van der Waals surface area contributed by atoms with Crippen LogP contribution in [0, 0.1) is 0 Å². The average molecular weight is 319 g/mol. The first kappa shape index (κ1) is 16.6. The predicted molar refractivity (Wildman–Crippen MR) is 91.2 cm³/mol. The molecule has 3 rings (SSSR count). The van der Waals surface area contributed by atoms with Gasteiger partial charge in [-0.2, -0.15) is 0 Å². The van der Waals surface area contributed by atoms with Gasteiger partial charge in [0.05, 0.1) is 19.3 Å². The van der Waals surface area contributed by atoms with Crippen molar-refractivity contribution >= 4 is 0 Å². The molecule has 0 N–H and O–H groups in total. The topological polar surface area (TPSA) is 30.9 Å². The Kier molecular flexibility index (Phi) is 5.44. The second-order valence-electron chi connectivity index (χ2n) is 6.92. The monoisotopic (exact) mass is 319 g/mol. The minimum Gasteiger partial charge on any atom is -0.493 e. The molecule has 1 aromatic rings. The number of methoxy groups -OCH3 is 1. The lowest BCUT2D eigenvalue weighted by atomic mass is 9.89. The zero-order chi connectivity index (χ0) is 16.2. The maximum Gasteiger partial charge on any atom is 0.161 e. The highest BCUT2D eigenvalue weighted by atomic mass is 16.5. The fraction of sp³-hybridized carbons (Fsp3) is 0.684. The van der Waals surface area contributed by atoms with Crippen molar-refractivity contribution in [3.8, 4) is 11.5 Å². The van der Waals surface area contributed by atoms with E-state index in [-0.39, 0.29) is 6.10 Å². The molecule has 2 aliphatic rings. The number of para-hydroxylation sites is 2. The molecule has 128 valence electrons. The van der Waals surface area contributed by atoms with Crippen LogP contribution in [-0.2, 0) is 4.74 Å². The van der Waals surface area contributed by atoms with Crippen LogP contribution in [0.15, 0.2) is 24.3 Å². The van der Waals surface area contributed by atoms with Crippen molar-refractivity contribution in [1.29, 1.82) is 0 Å². The van der Waals surface area contributed by atoms with Crippen LogP contribution < -0.4 is 9.47 Å². The molecule has 1 saturated carbocycles. The van der Waals surface area contributed by atoms with Crippen LogP contribution in [-0.4, -0.2) is 49.5 Å². The van der Waals surface area contributed by atoms with Crippen LogP contribution in [0.5, 0.6) is 11.5 Å². The van der Waals surface area contributed by atoms with Gasteiger partial charge in [0.2, 0.25) is 0 Å². The van der Waals surface area contributed by atoms with E-state index < -0.39 is 0 Å². The number of nitrogens with zero attached hydrogens (tertiary/aromatic N) is 1. The molecular weight excluding hydrogens is 290 g/mol. The quantitative estimate of drug-likeness (QED) is 0.803. The second-order valence-corrected chi connectivity index (χ2v) is 6.92. The maximum atomic E-state index is 6.15. The number of rotatable bonds is 6. The van der Waals surface area contributed by atoms with Gasteiger partial charge >= 0.3 is 0 Å². The molecular formula is C19H29NO3. The van der Waals surface area contributed by atoms with Crippen LogP contribution in [0.3, 0.4) is 0 Å². The van der Waals surface area contributed by atoms with Gasteiger partial charge in [0.1, 0.15) is 6.10 Å². The zero-order valence-corrected chi connectivity index (χ0v) is 14.5. The Morgan fingerprint density at radius 2 is 1.74 bits per heavy atom. The normalized spacial score (nSPS) is 26.1. The third-order valence-electron chi connectivity index (χ3n) is 4.82. The molecule has 2 unspecified atom stereocenters. The molecule has 0 spiro atoms. The molecule has 0 radical (unpaired) electrons. The van der Waals surface area contributed by atoms with Gasteiger partial charge in [-0.05, 0) is 38.8 Å². The Morgan fingerprint density at radius 1 is 1.04 bits per heavy atom. The van der Waals surface area contributed by atoms with E-state index in [0.717, 1.165) is 24.6 Å². The molecule has 1 aliphatic heterocycles. The van der Waals surface area contributed by atoms with E-state index in [1.807, 2.05) is 24.3 Å². The molecule has 2 atom stereocenters. The van der Waals surface area contributed by atoms with Crippen molar-refractivity contribution in [2.45, 2.75) is 63.9 Å². The van der Waals surface area contributed by atoms with Gasteiger partial charge in [-0.1, -0.05) is 25.0 Å². The Bertz CT molecular complexity index is 499. The third kappa shape index (κ3) is 3.99. The number of likely N-dealkylation sites (tertiary alicyclic amines) is 1. The Balaban J connectivity index is 1.53. The Labute approximate surface area is 139 Å². The summed E-state index contributed by atoms with van der Waals surface area (Å²) >= 11 is 0. The molecule has 4 nitrogen and oxygen atoms in total. The fourth-order valence-corrected chi connectivity index (χ4v) is 3.71. The van der Waals surface area contributed by atoms with E-state index >= 15 is 0 Å². The molecule has 2 fully saturated rings. The molecule has 0 aromatic heterocycles. The molecule has 1 saturated heterocycles. The smallest absolute Gasteiger partial charge is 0.161 e. The Hall–Kier alpha value is -1.26. The fourth-order valence-electron chi connectivity index (χ4n) is 3.71. The van der Waals surface area contributed by atoms with Crippen LogP contribution in [0.1, 0.15) is 39.5 Å². The van der Waals surface area contributed by atoms with Gasteiger partial charge in [-0.15, -0.1) is 0 Å². The summed E-state index contributed by atoms with van der Waals surface area (Å²) in [7, 11) is 1.69. The summed E-state index contributed by atoms with van der Waals surface area (Å²) in [5.74, 6) is 1.66. The van der Waals surface area contributed by atoms with Crippen molar-refractivity contribution in [1.82, 2.24) is 4.90 Å². The third-order valence-corrected chi connectivity index (χ3v) is 4.82. The molecule has 23 heavy (non-hydrogen) atoms. The second kappa shape index (κ2) is 7.54. The lowest BCUT2D eigenvalue weighted by Crippen LogP contribution is -2.61. The predicted octanol–water partition coefficient (Wildman–Crippen LogP) is 3.49. The van der Waals surface area contributed by atoms with Crippen molar-refractivity contribution in [3.05, 3.63) is 24.3 Å². The number of benzene rings is 1. The first-order chi connectivity index (χ1) is 11.2. The minimum absolute atomic E-state index is 0.257. The van der Waals surface area contributed by atoms with Crippen LogP contribution in [0.2, 0.25) is 0 Å². The summed E-state index contributed by atoms with van der Waals surface area (Å²) in [6, 6.07) is 8.44. The van der Waals surface area contributed by atoms with E-state index in [2.05, 4.69) is 18.7 Å². The summed E-state index contributed by atoms with van der Waals surface area (Å²) in [5.41, 5.74) is 0. The van der Waals surface area contributed by atoms with E-state index in [1.54, 1.807) is 7.11 Å². The van der Waals surface area contributed by atoms with E-state index in [4.69, 9.17) is 14.2 Å². The summed E-state index contributed by atoms with van der Waals surface area (Å²) in [5, 5.41) is 0. The highest BCUT2D eigenvalue weighted by molar-refractivity contribution is 5.39. The van der Waals surface area contributed by atoms with Gasteiger partial charge < -0.3 is 14.2 Å². The van der Waals surface area contributed by atoms with Gasteiger partial charge in [0.25, 0.3) is 0 Å². The van der Waals surface area contributed by atoms with Gasteiger partial charge in [0.15, 0.2) is 11.5 Å². The lowest BCUT2D eigenvalue weighted by molar-refractivity contribution is -0.102. The number of hydrogen-bond donors (Lipinski definition) is 0. The van der Waals surface area contributed by atoms with Gasteiger partial charge in [-0.25, -0.2) is 0 Å². The van der Waals surface area contributed by atoms with Gasteiger partial charge in [0, 0.05) is 19.1 Å². The summed E-state index contributed by atoms with van der Waals surface area (Å²) in [6.45, 7) is 6.24. The van der Waals surface area contributed by atoms with Gasteiger partial charge in [-0.3, -0.25) is 4.90 Å². The van der Waals surface area contributed by atoms with Crippen molar-refractivity contribution < 1.29 is 14.2 Å². The van der Waals surface area contributed by atoms with E-state index in [9.17, 15) is 0 Å². The molecule has 0 bridgehead atoms. The van der Waals surface area contributed by atoms with Crippen molar-refractivity contribution in [2.24, 2.45) is 0 Å². The molecule has 1 aromatic carbocycles. The van der Waals surface area contributed by atoms with Crippen LogP contribution in [0.25, 0.3) is 0 Å². The molecule has 4 heteroatoms. The largest absolute Gasteiger partial charge is 0.493 e. The average Bonchev–Trinajstić information content (AvgIpc) is 2.51. The van der Waals surface area contributed by atoms with E-state index in [0.29, 0.717) is 18.2 Å². The molecule has 0 amide bonds. The highest BCUT2D eigenvalue weighted by Gasteiger charge is 2.39. The lowest BCUT2D eigenvalue weighted by Gasteiger charge is -2.48. The maximum absolute atomic E-state index is 6.15. The highest BCUT2D eigenvalue weighted by Crippen LogP contribution is 2.33. The van der Waals surface area contributed by atoms with E-state index in [1.165, 1.54) is 25.7 Å². The molecule has 1 aliphatic carbocycles. The van der Waals surface area contributed by atoms with Crippen LogP contribution >= 0.6 is 0 Å².